The van der Waals surface area contributed by atoms with Gasteiger partial charge in [0.25, 0.3) is 0 Å². The van der Waals surface area contributed by atoms with Gasteiger partial charge in [-0.1, -0.05) is 54.6 Å². The molecule has 0 fully saturated rings. The average Bonchev–Trinajstić information content (AvgIpc) is 2.87. The van der Waals surface area contributed by atoms with Gasteiger partial charge in [-0.3, -0.25) is 0 Å². The number of allylic oxidation sites excluding steroid dienone is 1. The van der Waals surface area contributed by atoms with Gasteiger partial charge in [0, 0.05) is 16.5 Å². The van der Waals surface area contributed by atoms with E-state index in [0.717, 1.165) is 27.5 Å². The molecule has 0 unspecified atom stereocenters. The van der Waals surface area contributed by atoms with E-state index in [-0.39, 0.29) is 12.5 Å². The fraction of sp³-hybridized carbons (Fsp3) is 0.0714. The average molecular weight is 587 g/mol. The minimum atomic E-state index is -0.408. The highest BCUT2D eigenvalue weighted by Gasteiger charge is 2.32. The summed E-state index contributed by atoms with van der Waals surface area (Å²) >= 11 is 7.26. The fourth-order valence-electron chi connectivity index (χ4n) is 4.32. The number of hydrogen-bond acceptors (Lipinski definition) is 5. The summed E-state index contributed by atoms with van der Waals surface area (Å²) in [5.41, 5.74) is 9.67. The maximum Gasteiger partial charge on any atom is 0.205 e. The Kier molecular flexibility index (Phi) is 6.21. The van der Waals surface area contributed by atoms with Gasteiger partial charge in [-0.15, -0.1) is 0 Å². The second-order valence-corrected chi connectivity index (χ2v) is 9.71. The number of nitrogens with zero attached hydrogens (tertiary/aromatic N) is 2. The molecule has 1 aliphatic rings. The number of rotatable bonds is 4. The Labute approximate surface area is 219 Å². The first kappa shape index (κ1) is 23.0. The summed E-state index contributed by atoms with van der Waals surface area (Å²) in [5.74, 6) is 0.949. The summed E-state index contributed by atoms with van der Waals surface area (Å²) in [7, 11) is 0. The molecule has 0 aliphatic carbocycles. The van der Waals surface area contributed by atoms with Gasteiger partial charge in [-0.25, -0.2) is 0 Å². The summed E-state index contributed by atoms with van der Waals surface area (Å²) in [5, 5.41) is 21.3. The molecule has 2 N–H and O–H groups in total. The second-order valence-electron chi connectivity index (χ2n) is 8.00. The standard InChI is InChI=1S/C28H17Br2N3O2/c29-23-11-19(12-24(30)27(23)34-15-18-7-2-1-6-17(18)13-31)25-21-10-9-16-5-3-4-8-20(16)26(21)35-28(33)22(25)14-32/h1-12,25H,15,33H2/t25-/m0/s1. The molecule has 4 aromatic carbocycles. The number of nitriles is 2. The van der Waals surface area contributed by atoms with Gasteiger partial charge < -0.3 is 15.2 Å². The van der Waals surface area contributed by atoms with E-state index in [1.807, 2.05) is 66.7 Å². The number of benzene rings is 4. The van der Waals surface area contributed by atoms with E-state index in [2.05, 4.69) is 44.0 Å². The van der Waals surface area contributed by atoms with E-state index in [0.29, 0.717) is 31.6 Å². The summed E-state index contributed by atoms with van der Waals surface area (Å²) in [6.45, 7) is 0.239. The topological polar surface area (TPSA) is 92.1 Å². The van der Waals surface area contributed by atoms with Gasteiger partial charge in [-0.05, 0) is 61.0 Å². The highest BCUT2D eigenvalue weighted by atomic mass is 79.9. The van der Waals surface area contributed by atoms with Crippen LogP contribution in [0.25, 0.3) is 10.8 Å². The van der Waals surface area contributed by atoms with Crippen molar-refractivity contribution >= 4 is 42.6 Å². The Hall–Kier alpha value is -3.78. The van der Waals surface area contributed by atoms with Crippen LogP contribution in [0.4, 0.5) is 0 Å². The van der Waals surface area contributed by atoms with Crippen LogP contribution in [0.1, 0.15) is 28.2 Å². The highest BCUT2D eigenvalue weighted by Crippen LogP contribution is 2.47. The van der Waals surface area contributed by atoms with Crippen LogP contribution in [-0.4, -0.2) is 0 Å². The third kappa shape index (κ3) is 4.14. The van der Waals surface area contributed by atoms with Gasteiger partial charge in [0.2, 0.25) is 5.88 Å². The zero-order valence-electron chi connectivity index (χ0n) is 18.3. The van der Waals surface area contributed by atoms with E-state index in [1.54, 1.807) is 6.07 Å². The normalized spacial score (nSPS) is 14.6. The molecule has 4 aromatic rings. The highest BCUT2D eigenvalue weighted by molar-refractivity contribution is 9.11. The van der Waals surface area contributed by atoms with E-state index in [1.165, 1.54) is 0 Å². The van der Waals surface area contributed by atoms with E-state index >= 15 is 0 Å². The summed E-state index contributed by atoms with van der Waals surface area (Å²) in [6, 6.07) is 27.5. The van der Waals surface area contributed by atoms with Gasteiger partial charge in [0.15, 0.2) is 0 Å². The number of ether oxygens (including phenoxy) is 2. The van der Waals surface area contributed by atoms with Crippen LogP contribution >= 0.6 is 31.9 Å². The second kappa shape index (κ2) is 9.46. The van der Waals surface area contributed by atoms with Crippen LogP contribution in [0.5, 0.6) is 11.5 Å². The minimum Gasteiger partial charge on any atom is -0.486 e. The van der Waals surface area contributed by atoms with Crippen molar-refractivity contribution in [1.82, 2.24) is 0 Å². The minimum absolute atomic E-state index is 0.0991. The third-order valence-corrected chi connectivity index (χ3v) is 7.15. The molecule has 0 spiro atoms. The van der Waals surface area contributed by atoms with Crippen LogP contribution < -0.4 is 15.2 Å². The number of fused-ring (bicyclic) bond motifs is 3. The van der Waals surface area contributed by atoms with Gasteiger partial charge in [-0.2, -0.15) is 10.5 Å². The SMILES string of the molecule is N#CC1=C(N)Oc2c(ccc3ccccc23)[C@@H]1c1cc(Br)c(OCc2ccccc2C#N)c(Br)c1. The monoisotopic (exact) mass is 585 g/mol. The maximum absolute atomic E-state index is 9.94. The van der Waals surface area contributed by atoms with Crippen molar-refractivity contribution in [1.29, 1.82) is 10.5 Å². The third-order valence-electron chi connectivity index (χ3n) is 5.97. The van der Waals surface area contributed by atoms with Crippen LogP contribution in [0.2, 0.25) is 0 Å². The first-order valence-corrected chi connectivity index (χ1v) is 12.3. The van der Waals surface area contributed by atoms with Crippen LogP contribution in [0.3, 0.4) is 0 Å². The van der Waals surface area contributed by atoms with Crippen molar-refractivity contribution in [3.8, 4) is 23.6 Å². The Balaban J connectivity index is 1.57. The predicted molar refractivity (Wildman–Crippen MR) is 141 cm³/mol. The molecule has 0 aromatic heterocycles. The molecular weight excluding hydrogens is 570 g/mol. The first-order valence-electron chi connectivity index (χ1n) is 10.7. The van der Waals surface area contributed by atoms with E-state index < -0.39 is 5.92 Å². The summed E-state index contributed by atoms with van der Waals surface area (Å²) < 4.78 is 13.4. The summed E-state index contributed by atoms with van der Waals surface area (Å²) in [4.78, 5) is 0. The lowest BCUT2D eigenvalue weighted by atomic mass is 9.82. The molecule has 0 saturated heterocycles. The summed E-state index contributed by atoms with van der Waals surface area (Å²) in [6.07, 6.45) is 0. The fourth-order valence-corrected chi connectivity index (χ4v) is 5.77. The van der Waals surface area contributed by atoms with Crippen molar-refractivity contribution in [2.45, 2.75) is 12.5 Å². The molecule has 5 nitrogen and oxygen atoms in total. The maximum atomic E-state index is 9.94. The largest absolute Gasteiger partial charge is 0.486 e. The molecule has 0 amide bonds. The van der Waals surface area contributed by atoms with Crippen molar-refractivity contribution in [2.75, 3.05) is 0 Å². The van der Waals surface area contributed by atoms with Crippen molar-refractivity contribution in [3.63, 3.8) is 0 Å². The van der Waals surface area contributed by atoms with Gasteiger partial charge in [0.05, 0.1) is 26.5 Å². The number of halogens is 2. The zero-order chi connectivity index (χ0) is 24.5. The molecule has 0 saturated carbocycles. The van der Waals surface area contributed by atoms with E-state index in [9.17, 15) is 10.5 Å². The van der Waals surface area contributed by atoms with Crippen LogP contribution in [-0.2, 0) is 6.61 Å². The van der Waals surface area contributed by atoms with Crippen molar-refractivity contribution in [3.05, 3.63) is 115 Å². The molecule has 1 heterocycles. The molecule has 1 atom stereocenters. The van der Waals surface area contributed by atoms with E-state index in [4.69, 9.17) is 15.2 Å². The molecule has 7 heteroatoms. The van der Waals surface area contributed by atoms with Gasteiger partial charge >= 0.3 is 0 Å². The molecular formula is C28H17Br2N3O2. The Morgan fingerprint density at radius 3 is 2.37 bits per heavy atom. The lowest BCUT2D eigenvalue weighted by Gasteiger charge is -2.28. The Morgan fingerprint density at radius 2 is 1.63 bits per heavy atom. The van der Waals surface area contributed by atoms with Crippen LogP contribution in [0, 0.1) is 22.7 Å². The van der Waals surface area contributed by atoms with Gasteiger partial charge in [0.1, 0.15) is 29.7 Å². The Bertz CT molecular complexity index is 1580. The Morgan fingerprint density at radius 1 is 0.914 bits per heavy atom. The molecule has 0 bridgehead atoms. The lowest BCUT2D eigenvalue weighted by Crippen LogP contribution is -2.21. The quantitative estimate of drug-likeness (QED) is 0.277. The molecule has 170 valence electrons. The molecule has 1 aliphatic heterocycles. The first-order chi connectivity index (χ1) is 17.0. The zero-order valence-corrected chi connectivity index (χ0v) is 21.4. The van der Waals surface area contributed by atoms with Crippen molar-refractivity contribution in [2.24, 2.45) is 5.73 Å². The smallest absolute Gasteiger partial charge is 0.205 e. The molecule has 0 radical (unpaired) electrons. The number of hydrogen-bond donors (Lipinski definition) is 1. The van der Waals surface area contributed by atoms with Crippen LogP contribution in [0.15, 0.2) is 93.2 Å². The van der Waals surface area contributed by atoms with Crippen molar-refractivity contribution < 1.29 is 9.47 Å². The molecule has 5 rings (SSSR count). The lowest BCUT2D eigenvalue weighted by molar-refractivity contribution is 0.302. The molecule has 35 heavy (non-hydrogen) atoms. The predicted octanol–water partition coefficient (Wildman–Crippen LogP) is 7.03. The number of nitrogens with two attached hydrogens (primary N) is 1.